The van der Waals surface area contributed by atoms with Crippen LogP contribution in [0.4, 0.5) is 0 Å². The first-order chi connectivity index (χ1) is 9.19. The van der Waals surface area contributed by atoms with E-state index in [0.29, 0.717) is 11.7 Å². The Hall–Kier alpha value is -1.06. The molecule has 3 rings (SSSR count). The molecule has 1 saturated carbocycles. The Labute approximate surface area is 121 Å². The highest BCUT2D eigenvalue weighted by molar-refractivity contribution is 9.10. The van der Waals surface area contributed by atoms with Gasteiger partial charge < -0.3 is 9.52 Å². The summed E-state index contributed by atoms with van der Waals surface area (Å²) >= 11 is 3.44. The van der Waals surface area contributed by atoms with Crippen LogP contribution in [0.25, 0.3) is 0 Å². The molecule has 1 heterocycles. The van der Waals surface area contributed by atoms with Crippen LogP contribution in [0.15, 0.2) is 51.6 Å². The normalized spacial score (nSPS) is 27.4. The van der Waals surface area contributed by atoms with Crippen LogP contribution in [0.5, 0.6) is 0 Å². The van der Waals surface area contributed by atoms with Gasteiger partial charge >= 0.3 is 0 Å². The van der Waals surface area contributed by atoms with Crippen molar-refractivity contribution in [1.29, 1.82) is 0 Å². The summed E-state index contributed by atoms with van der Waals surface area (Å²) in [7, 11) is 0. The number of rotatable bonds is 2. The zero-order valence-corrected chi connectivity index (χ0v) is 12.3. The van der Waals surface area contributed by atoms with E-state index in [1.165, 1.54) is 5.56 Å². The predicted molar refractivity (Wildman–Crippen MR) is 78.0 cm³/mol. The number of halogens is 1. The van der Waals surface area contributed by atoms with Crippen molar-refractivity contribution in [2.45, 2.75) is 37.2 Å². The average molecular weight is 321 g/mol. The highest BCUT2D eigenvalue weighted by Gasteiger charge is 2.38. The minimum Gasteiger partial charge on any atom is -0.465 e. The monoisotopic (exact) mass is 320 g/mol. The van der Waals surface area contributed by atoms with Gasteiger partial charge in [-0.3, -0.25) is 0 Å². The van der Waals surface area contributed by atoms with Gasteiger partial charge in [0, 0.05) is 0 Å². The average Bonchev–Trinajstić information content (AvgIpc) is 2.88. The molecule has 0 amide bonds. The van der Waals surface area contributed by atoms with E-state index in [-0.39, 0.29) is 0 Å². The van der Waals surface area contributed by atoms with Crippen LogP contribution in [0.1, 0.15) is 42.9 Å². The molecule has 1 aromatic heterocycles. The molecule has 0 bridgehead atoms. The lowest BCUT2D eigenvalue weighted by atomic mass is 9.75. The zero-order chi connectivity index (χ0) is 13.3. The molecule has 0 atom stereocenters. The fourth-order valence-electron chi connectivity index (χ4n) is 3.01. The van der Waals surface area contributed by atoms with Crippen molar-refractivity contribution < 1.29 is 9.52 Å². The first-order valence-corrected chi connectivity index (χ1v) is 7.49. The van der Waals surface area contributed by atoms with Gasteiger partial charge in [0.1, 0.15) is 11.4 Å². The lowest BCUT2D eigenvalue weighted by molar-refractivity contribution is -0.0251. The molecule has 0 unspecified atom stereocenters. The molecule has 19 heavy (non-hydrogen) atoms. The Balaban J connectivity index is 1.75. The summed E-state index contributed by atoms with van der Waals surface area (Å²) in [5.41, 5.74) is 0.566. The number of benzene rings is 1. The molecule has 1 aliphatic rings. The summed E-state index contributed by atoms with van der Waals surface area (Å²) in [6.07, 6.45) is 5.11. The van der Waals surface area contributed by atoms with Crippen LogP contribution >= 0.6 is 15.9 Å². The maximum atomic E-state index is 10.8. The molecule has 2 aromatic rings. The van der Waals surface area contributed by atoms with Gasteiger partial charge in [-0.15, -0.1) is 0 Å². The molecule has 1 fully saturated rings. The molecule has 0 spiro atoms. The molecular weight excluding hydrogens is 304 g/mol. The fourth-order valence-corrected chi connectivity index (χ4v) is 3.58. The molecule has 0 aliphatic heterocycles. The van der Waals surface area contributed by atoms with Gasteiger partial charge in [0.25, 0.3) is 0 Å². The molecule has 1 N–H and O–H groups in total. The number of hydrogen-bond donors (Lipinski definition) is 1. The van der Waals surface area contributed by atoms with Gasteiger partial charge in [-0.1, -0.05) is 30.3 Å². The van der Waals surface area contributed by atoms with Gasteiger partial charge in [-0.2, -0.15) is 0 Å². The Morgan fingerprint density at radius 1 is 1.11 bits per heavy atom. The number of aliphatic hydroxyl groups is 1. The zero-order valence-electron chi connectivity index (χ0n) is 10.7. The van der Waals surface area contributed by atoms with Crippen molar-refractivity contribution in [2.24, 2.45) is 0 Å². The highest BCUT2D eigenvalue weighted by Crippen LogP contribution is 2.45. The molecular formula is C16H17BrO2. The quantitative estimate of drug-likeness (QED) is 0.878. The molecule has 0 radical (unpaired) electrons. The Morgan fingerprint density at radius 3 is 2.37 bits per heavy atom. The van der Waals surface area contributed by atoms with Crippen molar-refractivity contribution in [2.75, 3.05) is 0 Å². The van der Waals surface area contributed by atoms with Gasteiger partial charge in [-0.05, 0) is 59.2 Å². The first kappa shape index (κ1) is 12.9. The third-order valence-electron chi connectivity index (χ3n) is 4.12. The van der Waals surface area contributed by atoms with E-state index in [9.17, 15) is 5.11 Å². The van der Waals surface area contributed by atoms with Crippen molar-refractivity contribution in [3.05, 3.63) is 58.5 Å². The van der Waals surface area contributed by atoms with Gasteiger partial charge in [0.15, 0.2) is 0 Å². The van der Waals surface area contributed by atoms with Crippen LogP contribution in [0, 0.1) is 0 Å². The van der Waals surface area contributed by atoms with Crippen LogP contribution in [-0.2, 0) is 5.60 Å². The third-order valence-corrected chi connectivity index (χ3v) is 4.75. The van der Waals surface area contributed by atoms with Crippen molar-refractivity contribution in [1.82, 2.24) is 0 Å². The van der Waals surface area contributed by atoms with E-state index in [0.717, 1.165) is 30.2 Å². The molecule has 100 valence electrons. The lowest BCUT2D eigenvalue weighted by Gasteiger charge is -2.35. The van der Waals surface area contributed by atoms with Gasteiger partial charge in [0.05, 0.1) is 10.7 Å². The van der Waals surface area contributed by atoms with Gasteiger partial charge in [-0.25, -0.2) is 0 Å². The van der Waals surface area contributed by atoms with Gasteiger partial charge in [0.2, 0.25) is 0 Å². The van der Waals surface area contributed by atoms with Crippen LogP contribution in [0.2, 0.25) is 0 Å². The predicted octanol–water partition coefficient (Wildman–Crippen LogP) is 4.59. The smallest absolute Gasteiger partial charge is 0.149 e. The minimum absolute atomic E-state index is 0.551. The van der Waals surface area contributed by atoms with Crippen molar-refractivity contribution in [3.63, 3.8) is 0 Å². The third kappa shape index (κ3) is 2.49. The SMILES string of the molecule is OC1(c2occc2Br)CCC(c2ccccc2)CC1. The standard InChI is InChI=1S/C16H17BrO2/c17-14-8-11-19-15(14)16(18)9-6-13(7-10-16)12-4-2-1-3-5-12/h1-5,8,11,13,18H,6-7,9-10H2. The van der Waals surface area contributed by atoms with E-state index in [2.05, 4.69) is 40.2 Å². The summed E-state index contributed by atoms with van der Waals surface area (Å²) in [5.74, 6) is 1.23. The van der Waals surface area contributed by atoms with Crippen LogP contribution < -0.4 is 0 Å². The minimum atomic E-state index is -0.812. The summed E-state index contributed by atoms with van der Waals surface area (Å²) in [5, 5.41) is 10.8. The maximum absolute atomic E-state index is 10.8. The fraction of sp³-hybridized carbons (Fsp3) is 0.375. The maximum Gasteiger partial charge on any atom is 0.149 e. The van der Waals surface area contributed by atoms with E-state index in [4.69, 9.17) is 4.42 Å². The van der Waals surface area contributed by atoms with Crippen LogP contribution in [-0.4, -0.2) is 5.11 Å². The molecule has 2 nitrogen and oxygen atoms in total. The molecule has 1 aliphatic carbocycles. The Kier molecular flexibility index (Phi) is 3.50. The Bertz CT molecular complexity index is 539. The molecule has 1 aromatic carbocycles. The van der Waals surface area contributed by atoms with E-state index >= 15 is 0 Å². The highest BCUT2D eigenvalue weighted by atomic mass is 79.9. The number of hydrogen-bond acceptors (Lipinski definition) is 2. The van der Waals surface area contributed by atoms with Crippen LogP contribution in [0.3, 0.4) is 0 Å². The molecule has 3 heteroatoms. The van der Waals surface area contributed by atoms with E-state index in [1.54, 1.807) is 6.26 Å². The first-order valence-electron chi connectivity index (χ1n) is 6.70. The summed E-state index contributed by atoms with van der Waals surface area (Å²) in [6, 6.07) is 12.4. The van der Waals surface area contributed by atoms with Crippen molar-refractivity contribution in [3.8, 4) is 0 Å². The molecule has 0 saturated heterocycles. The van der Waals surface area contributed by atoms with Crippen molar-refractivity contribution >= 4 is 15.9 Å². The topological polar surface area (TPSA) is 33.4 Å². The lowest BCUT2D eigenvalue weighted by Crippen LogP contribution is -2.30. The summed E-state index contributed by atoms with van der Waals surface area (Å²) < 4.78 is 6.32. The number of furan rings is 1. The van der Waals surface area contributed by atoms with E-state index < -0.39 is 5.60 Å². The van der Waals surface area contributed by atoms with E-state index in [1.807, 2.05) is 12.1 Å². The second kappa shape index (κ2) is 5.14. The second-order valence-electron chi connectivity index (χ2n) is 5.31. The summed E-state index contributed by atoms with van der Waals surface area (Å²) in [4.78, 5) is 0. The second-order valence-corrected chi connectivity index (χ2v) is 6.17. The largest absolute Gasteiger partial charge is 0.465 e. The summed E-state index contributed by atoms with van der Waals surface area (Å²) in [6.45, 7) is 0. The Morgan fingerprint density at radius 2 is 1.79 bits per heavy atom.